The lowest BCUT2D eigenvalue weighted by Crippen LogP contribution is -2.39. The summed E-state index contributed by atoms with van der Waals surface area (Å²) < 4.78 is 10.3. The molecule has 5 nitrogen and oxygen atoms in total. The molecule has 1 saturated carbocycles. The second-order valence-corrected chi connectivity index (χ2v) is 6.51. The van der Waals surface area contributed by atoms with Crippen molar-refractivity contribution in [3.63, 3.8) is 0 Å². The van der Waals surface area contributed by atoms with Crippen LogP contribution in [0.25, 0.3) is 0 Å². The molecule has 1 aliphatic rings. The quantitative estimate of drug-likeness (QED) is 0.888. The second kappa shape index (κ2) is 6.25. The Balaban J connectivity index is 1.70. The van der Waals surface area contributed by atoms with Crippen LogP contribution >= 0.6 is 11.3 Å². The van der Waals surface area contributed by atoms with Gasteiger partial charge in [-0.2, -0.15) is 0 Å². The van der Waals surface area contributed by atoms with Gasteiger partial charge in [0.05, 0.1) is 11.2 Å². The fourth-order valence-corrected chi connectivity index (χ4v) is 3.96. The summed E-state index contributed by atoms with van der Waals surface area (Å²) >= 11 is 1.76. The van der Waals surface area contributed by atoms with E-state index >= 15 is 0 Å². The van der Waals surface area contributed by atoms with Gasteiger partial charge >= 0.3 is 0 Å². The second-order valence-electron chi connectivity index (χ2n) is 5.65. The van der Waals surface area contributed by atoms with E-state index in [1.807, 2.05) is 6.07 Å². The minimum absolute atomic E-state index is 0.0132. The van der Waals surface area contributed by atoms with Crippen LogP contribution in [0, 0.1) is 6.92 Å². The summed E-state index contributed by atoms with van der Waals surface area (Å²) in [5.74, 6) is 0.764. The number of methoxy groups -OCH3 is 1. The van der Waals surface area contributed by atoms with Crippen molar-refractivity contribution < 1.29 is 9.26 Å². The molecule has 1 aliphatic carbocycles. The minimum Gasteiger partial charge on any atom is -0.377 e. The Morgan fingerprint density at radius 3 is 2.90 bits per heavy atom. The number of hydrogen-bond donors (Lipinski definition) is 1. The highest BCUT2D eigenvalue weighted by Crippen LogP contribution is 2.40. The molecule has 6 heteroatoms. The molecule has 0 bridgehead atoms. The van der Waals surface area contributed by atoms with Crippen LogP contribution in [-0.2, 0) is 23.4 Å². The Morgan fingerprint density at radius 2 is 2.24 bits per heavy atom. The van der Waals surface area contributed by atoms with Crippen molar-refractivity contribution in [1.82, 2.24) is 15.5 Å². The number of rotatable bonds is 6. The number of ether oxygens (including phenoxy) is 1. The molecule has 2 aromatic rings. The molecule has 114 valence electrons. The predicted octanol–water partition coefficient (Wildman–Crippen LogP) is 3.15. The Labute approximate surface area is 128 Å². The number of hydrogen-bond acceptors (Lipinski definition) is 6. The highest BCUT2D eigenvalue weighted by Gasteiger charge is 2.37. The van der Waals surface area contributed by atoms with Crippen LogP contribution in [0.3, 0.4) is 0 Å². The Morgan fingerprint density at radius 1 is 1.43 bits per heavy atom. The van der Waals surface area contributed by atoms with Gasteiger partial charge in [-0.15, -0.1) is 11.3 Å². The predicted molar refractivity (Wildman–Crippen MR) is 81.1 cm³/mol. The van der Waals surface area contributed by atoms with Crippen LogP contribution < -0.4 is 5.32 Å². The first kappa shape index (κ1) is 14.7. The molecule has 2 heterocycles. The van der Waals surface area contributed by atoms with E-state index in [1.165, 1.54) is 17.8 Å². The maximum Gasteiger partial charge on any atom is 0.162 e. The topological polar surface area (TPSA) is 60.2 Å². The van der Waals surface area contributed by atoms with Gasteiger partial charge in [-0.05, 0) is 19.8 Å². The van der Waals surface area contributed by atoms with E-state index in [0.29, 0.717) is 13.2 Å². The molecule has 0 spiro atoms. The van der Waals surface area contributed by atoms with Crippen molar-refractivity contribution in [1.29, 1.82) is 0 Å². The first-order valence-electron chi connectivity index (χ1n) is 7.33. The lowest BCUT2D eigenvalue weighted by molar-refractivity contribution is 0.155. The Kier molecular flexibility index (Phi) is 4.37. The number of aromatic nitrogens is 2. The molecule has 0 atom stereocenters. The van der Waals surface area contributed by atoms with Crippen molar-refractivity contribution in [2.45, 2.75) is 51.3 Å². The van der Waals surface area contributed by atoms with Gasteiger partial charge in [0.15, 0.2) is 5.76 Å². The third kappa shape index (κ3) is 3.17. The zero-order valence-corrected chi connectivity index (χ0v) is 13.3. The van der Waals surface area contributed by atoms with E-state index in [2.05, 4.69) is 22.8 Å². The molecular weight excluding hydrogens is 286 g/mol. The average molecular weight is 307 g/mol. The molecule has 0 aliphatic heterocycles. The molecule has 0 saturated heterocycles. The summed E-state index contributed by atoms with van der Waals surface area (Å²) in [4.78, 5) is 4.70. The molecule has 1 N–H and O–H groups in total. The van der Waals surface area contributed by atoms with Crippen LogP contribution in [-0.4, -0.2) is 17.3 Å². The van der Waals surface area contributed by atoms with Crippen molar-refractivity contribution in [3.05, 3.63) is 33.6 Å². The normalized spacial score (nSPS) is 17.4. The Bertz CT molecular complexity index is 587. The molecular formula is C15H21N3O2S. The van der Waals surface area contributed by atoms with E-state index in [0.717, 1.165) is 30.0 Å². The minimum atomic E-state index is 0.0132. The number of nitrogens with zero attached hydrogens (tertiary/aromatic N) is 2. The molecule has 3 rings (SSSR count). The zero-order valence-electron chi connectivity index (χ0n) is 12.5. The van der Waals surface area contributed by atoms with E-state index in [-0.39, 0.29) is 5.54 Å². The maximum atomic E-state index is 5.23. The molecule has 2 aromatic heterocycles. The largest absolute Gasteiger partial charge is 0.377 e. The average Bonchev–Trinajstić information content (AvgIpc) is 3.18. The van der Waals surface area contributed by atoms with Gasteiger partial charge in [0.1, 0.15) is 11.6 Å². The monoisotopic (exact) mass is 307 g/mol. The maximum absolute atomic E-state index is 5.23. The smallest absolute Gasteiger partial charge is 0.162 e. The van der Waals surface area contributed by atoms with Crippen molar-refractivity contribution >= 4 is 11.3 Å². The summed E-state index contributed by atoms with van der Waals surface area (Å²) in [5.41, 5.74) is 2.03. The van der Waals surface area contributed by atoms with Crippen LogP contribution in [0.15, 0.2) is 16.0 Å². The Hall–Kier alpha value is -1.24. The highest BCUT2D eigenvalue weighted by molar-refractivity contribution is 7.09. The van der Waals surface area contributed by atoms with Crippen LogP contribution in [0.5, 0.6) is 0 Å². The van der Waals surface area contributed by atoms with Gasteiger partial charge in [-0.1, -0.05) is 18.0 Å². The summed E-state index contributed by atoms with van der Waals surface area (Å²) in [6.07, 6.45) is 4.78. The van der Waals surface area contributed by atoms with Gasteiger partial charge in [0.2, 0.25) is 0 Å². The van der Waals surface area contributed by atoms with E-state index in [1.54, 1.807) is 18.4 Å². The van der Waals surface area contributed by atoms with Crippen molar-refractivity contribution in [2.75, 3.05) is 7.11 Å². The van der Waals surface area contributed by atoms with Gasteiger partial charge in [0, 0.05) is 30.8 Å². The SMILES string of the molecule is COCc1cc(CNC2(c3nc(C)cs3)CCCC2)no1. The molecule has 0 radical (unpaired) electrons. The van der Waals surface area contributed by atoms with Gasteiger partial charge < -0.3 is 9.26 Å². The highest BCUT2D eigenvalue weighted by atomic mass is 32.1. The van der Waals surface area contributed by atoms with Gasteiger partial charge in [-0.25, -0.2) is 4.98 Å². The van der Waals surface area contributed by atoms with Crippen LogP contribution in [0.1, 0.15) is 47.8 Å². The first-order chi connectivity index (χ1) is 10.2. The molecule has 0 aromatic carbocycles. The summed E-state index contributed by atoms with van der Waals surface area (Å²) in [5, 5.41) is 11.1. The van der Waals surface area contributed by atoms with Crippen molar-refractivity contribution in [3.8, 4) is 0 Å². The zero-order chi connectivity index (χ0) is 14.7. The van der Waals surface area contributed by atoms with Gasteiger partial charge in [0.25, 0.3) is 0 Å². The van der Waals surface area contributed by atoms with Gasteiger partial charge in [-0.3, -0.25) is 5.32 Å². The molecule has 1 fully saturated rings. The van der Waals surface area contributed by atoms with Crippen molar-refractivity contribution in [2.24, 2.45) is 0 Å². The lowest BCUT2D eigenvalue weighted by Gasteiger charge is -2.27. The van der Waals surface area contributed by atoms with E-state index in [4.69, 9.17) is 14.2 Å². The summed E-state index contributed by atoms with van der Waals surface area (Å²) in [6.45, 7) is 3.22. The number of aryl methyl sites for hydroxylation is 1. The lowest BCUT2D eigenvalue weighted by atomic mass is 9.98. The third-order valence-electron chi connectivity index (χ3n) is 3.99. The standard InChI is InChI=1S/C15H21N3O2S/c1-11-10-21-14(17-11)15(5-3-4-6-15)16-8-12-7-13(9-19-2)20-18-12/h7,10,16H,3-6,8-9H2,1-2H3. The molecule has 0 amide bonds. The van der Waals surface area contributed by atoms with Crippen LogP contribution in [0.2, 0.25) is 0 Å². The summed E-state index contributed by atoms with van der Waals surface area (Å²) in [7, 11) is 1.65. The third-order valence-corrected chi connectivity index (χ3v) is 5.15. The molecule has 0 unspecified atom stereocenters. The van der Waals surface area contributed by atoms with E-state index < -0.39 is 0 Å². The molecule has 21 heavy (non-hydrogen) atoms. The number of thiazole rings is 1. The first-order valence-corrected chi connectivity index (χ1v) is 8.21. The van der Waals surface area contributed by atoms with E-state index in [9.17, 15) is 0 Å². The fourth-order valence-electron chi connectivity index (χ4n) is 2.93. The number of nitrogens with one attached hydrogen (secondary N) is 1. The summed E-state index contributed by atoms with van der Waals surface area (Å²) in [6, 6.07) is 1.95. The van der Waals surface area contributed by atoms with Crippen LogP contribution in [0.4, 0.5) is 0 Å². The fraction of sp³-hybridized carbons (Fsp3) is 0.600.